The van der Waals surface area contributed by atoms with E-state index in [2.05, 4.69) is 44.0 Å². The molecule has 3 heteroatoms. The van der Waals surface area contributed by atoms with Crippen molar-refractivity contribution < 1.29 is 4.42 Å². The topological polar surface area (TPSA) is 28.4 Å². The van der Waals surface area contributed by atoms with Gasteiger partial charge in [-0.25, -0.2) is 0 Å². The smallest absolute Gasteiger partial charge is 0.117 e. The molecule has 1 heterocycles. The third kappa shape index (κ3) is 8.06. The van der Waals surface area contributed by atoms with Gasteiger partial charge in [-0.05, 0) is 65.4 Å². The highest BCUT2D eigenvalue weighted by atomic mass is 16.3. The molecule has 0 spiro atoms. The molecular formula is C16H30N2O. The molecule has 0 saturated heterocycles. The van der Waals surface area contributed by atoms with E-state index in [1.54, 1.807) is 6.26 Å². The predicted molar refractivity (Wildman–Crippen MR) is 81.3 cm³/mol. The first-order chi connectivity index (χ1) is 9.01. The maximum Gasteiger partial charge on any atom is 0.117 e. The molecule has 0 aliphatic carbocycles. The van der Waals surface area contributed by atoms with Crippen molar-refractivity contribution in [3.63, 3.8) is 0 Å². The Hall–Kier alpha value is -0.800. The molecule has 0 aliphatic rings. The molecule has 0 amide bonds. The normalized spacial score (nSPS) is 12.3. The van der Waals surface area contributed by atoms with Crippen LogP contribution in [0, 0.1) is 0 Å². The number of hydrogen-bond donors (Lipinski definition) is 1. The first-order valence-electron chi connectivity index (χ1n) is 7.51. The van der Waals surface area contributed by atoms with Crippen LogP contribution < -0.4 is 5.32 Å². The Kier molecular flexibility index (Phi) is 7.17. The third-order valence-corrected chi connectivity index (χ3v) is 3.21. The number of furan rings is 1. The van der Waals surface area contributed by atoms with Crippen molar-refractivity contribution in [2.24, 2.45) is 0 Å². The van der Waals surface area contributed by atoms with Crippen molar-refractivity contribution in [1.82, 2.24) is 10.2 Å². The van der Waals surface area contributed by atoms with Crippen molar-refractivity contribution in [3.05, 3.63) is 24.2 Å². The van der Waals surface area contributed by atoms with Gasteiger partial charge in [0, 0.05) is 5.54 Å². The van der Waals surface area contributed by atoms with Crippen LogP contribution >= 0.6 is 0 Å². The molecule has 0 fully saturated rings. The summed E-state index contributed by atoms with van der Waals surface area (Å²) in [5.74, 6) is 1.07. The average molecular weight is 266 g/mol. The van der Waals surface area contributed by atoms with Crippen LogP contribution in [-0.4, -0.2) is 30.1 Å². The van der Waals surface area contributed by atoms with Crippen LogP contribution in [0.2, 0.25) is 0 Å². The van der Waals surface area contributed by atoms with Gasteiger partial charge < -0.3 is 9.73 Å². The highest BCUT2D eigenvalue weighted by Gasteiger charge is 2.08. The molecule has 0 aromatic carbocycles. The molecule has 1 aromatic heterocycles. The zero-order valence-electron chi connectivity index (χ0n) is 13.0. The lowest BCUT2D eigenvalue weighted by Gasteiger charge is -2.21. The number of nitrogens with one attached hydrogen (secondary N) is 1. The summed E-state index contributed by atoms with van der Waals surface area (Å²) < 4.78 is 5.40. The van der Waals surface area contributed by atoms with Gasteiger partial charge in [0.15, 0.2) is 0 Å². The van der Waals surface area contributed by atoms with Crippen molar-refractivity contribution in [2.75, 3.05) is 19.6 Å². The second-order valence-electron chi connectivity index (χ2n) is 6.19. The van der Waals surface area contributed by atoms with E-state index in [9.17, 15) is 0 Å². The lowest BCUT2D eigenvalue weighted by molar-refractivity contribution is 0.249. The van der Waals surface area contributed by atoms with Gasteiger partial charge in [-0.3, -0.25) is 4.90 Å². The number of rotatable bonds is 9. The molecule has 0 radical (unpaired) electrons. The monoisotopic (exact) mass is 266 g/mol. The first kappa shape index (κ1) is 16.3. The standard InChI is InChI=1S/C16H30N2O/c1-5-18(14-15-10-9-13-19-15)12-8-6-7-11-17-16(2,3)4/h9-10,13,17H,5-8,11-12,14H2,1-4H3. The van der Waals surface area contributed by atoms with Crippen molar-refractivity contribution >= 4 is 0 Å². The summed E-state index contributed by atoms with van der Waals surface area (Å²) in [6.07, 6.45) is 5.56. The molecule has 110 valence electrons. The molecule has 0 bridgehead atoms. The lowest BCUT2D eigenvalue weighted by Crippen LogP contribution is -2.36. The van der Waals surface area contributed by atoms with Gasteiger partial charge in [0.25, 0.3) is 0 Å². The van der Waals surface area contributed by atoms with E-state index in [1.165, 1.54) is 19.3 Å². The highest BCUT2D eigenvalue weighted by Crippen LogP contribution is 2.07. The van der Waals surface area contributed by atoms with Crippen LogP contribution in [0.25, 0.3) is 0 Å². The van der Waals surface area contributed by atoms with Crippen LogP contribution in [0.3, 0.4) is 0 Å². The maximum atomic E-state index is 5.40. The van der Waals surface area contributed by atoms with Crippen LogP contribution in [-0.2, 0) is 6.54 Å². The minimum atomic E-state index is 0.245. The SMILES string of the molecule is CCN(CCCCCNC(C)(C)C)Cc1ccco1. The van der Waals surface area contributed by atoms with E-state index >= 15 is 0 Å². The lowest BCUT2D eigenvalue weighted by atomic mass is 10.1. The van der Waals surface area contributed by atoms with E-state index in [-0.39, 0.29) is 5.54 Å². The molecule has 1 aromatic rings. The summed E-state index contributed by atoms with van der Waals surface area (Å²) in [6, 6.07) is 4.01. The van der Waals surface area contributed by atoms with Gasteiger partial charge in [-0.1, -0.05) is 13.3 Å². The van der Waals surface area contributed by atoms with Crippen LogP contribution in [0.4, 0.5) is 0 Å². The Bertz CT molecular complexity index is 314. The fraction of sp³-hybridized carbons (Fsp3) is 0.750. The first-order valence-corrected chi connectivity index (χ1v) is 7.51. The Morgan fingerprint density at radius 2 is 2.00 bits per heavy atom. The summed E-state index contributed by atoms with van der Waals surface area (Å²) in [7, 11) is 0. The van der Waals surface area contributed by atoms with E-state index in [4.69, 9.17) is 4.42 Å². The Morgan fingerprint density at radius 3 is 2.58 bits per heavy atom. The van der Waals surface area contributed by atoms with Gasteiger partial charge in [0.05, 0.1) is 12.8 Å². The number of nitrogens with zero attached hydrogens (tertiary/aromatic N) is 1. The summed E-state index contributed by atoms with van der Waals surface area (Å²) in [4.78, 5) is 2.44. The van der Waals surface area contributed by atoms with Gasteiger partial charge in [0.1, 0.15) is 5.76 Å². The molecule has 1 rings (SSSR count). The fourth-order valence-electron chi connectivity index (χ4n) is 2.07. The Balaban J connectivity index is 2.06. The van der Waals surface area contributed by atoms with E-state index in [0.717, 1.165) is 31.9 Å². The molecule has 0 unspecified atom stereocenters. The van der Waals surface area contributed by atoms with E-state index < -0.39 is 0 Å². The van der Waals surface area contributed by atoms with Gasteiger partial charge in [0.2, 0.25) is 0 Å². The summed E-state index contributed by atoms with van der Waals surface area (Å²) in [5.41, 5.74) is 0.245. The molecule has 0 aliphatic heterocycles. The van der Waals surface area contributed by atoms with E-state index in [1.807, 2.05) is 6.07 Å². The molecule has 0 atom stereocenters. The summed E-state index contributed by atoms with van der Waals surface area (Å²) >= 11 is 0. The Labute approximate surface area is 118 Å². The number of unbranched alkanes of at least 4 members (excludes halogenated alkanes) is 2. The van der Waals surface area contributed by atoms with Crippen molar-refractivity contribution in [2.45, 2.75) is 59.0 Å². The minimum absolute atomic E-state index is 0.245. The van der Waals surface area contributed by atoms with Crippen molar-refractivity contribution in [3.8, 4) is 0 Å². The molecule has 19 heavy (non-hydrogen) atoms. The quantitative estimate of drug-likeness (QED) is 0.691. The summed E-state index contributed by atoms with van der Waals surface area (Å²) in [6.45, 7) is 13.2. The van der Waals surface area contributed by atoms with Crippen molar-refractivity contribution in [1.29, 1.82) is 0 Å². The molecule has 1 N–H and O–H groups in total. The van der Waals surface area contributed by atoms with Gasteiger partial charge in [-0.2, -0.15) is 0 Å². The summed E-state index contributed by atoms with van der Waals surface area (Å²) in [5, 5.41) is 3.53. The van der Waals surface area contributed by atoms with E-state index in [0.29, 0.717) is 0 Å². The van der Waals surface area contributed by atoms with Gasteiger partial charge in [-0.15, -0.1) is 0 Å². The van der Waals surface area contributed by atoms with Crippen LogP contribution in [0.15, 0.2) is 22.8 Å². The largest absolute Gasteiger partial charge is 0.468 e. The molecular weight excluding hydrogens is 236 g/mol. The maximum absolute atomic E-state index is 5.40. The second kappa shape index (κ2) is 8.39. The van der Waals surface area contributed by atoms with Gasteiger partial charge >= 0.3 is 0 Å². The van der Waals surface area contributed by atoms with Crippen LogP contribution in [0.5, 0.6) is 0 Å². The average Bonchev–Trinajstić information content (AvgIpc) is 2.83. The zero-order chi connectivity index (χ0) is 14.1. The zero-order valence-corrected chi connectivity index (χ0v) is 13.0. The van der Waals surface area contributed by atoms with Crippen LogP contribution in [0.1, 0.15) is 52.7 Å². The predicted octanol–water partition coefficient (Wildman–Crippen LogP) is 3.66. The highest BCUT2D eigenvalue weighted by molar-refractivity contribution is 4.97. The third-order valence-electron chi connectivity index (χ3n) is 3.21. The minimum Gasteiger partial charge on any atom is -0.468 e. The fourth-order valence-corrected chi connectivity index (χ4v) is 2.07. The number of hydrogen-bond acceptors (Lipinski definition) is 3. The Morgan fingerprint density at radius 1 is 1.21 bits per heavy atom. The molecule has 0 saturated carbocycles. The second-order valence-corrected chi connectivity index (χ2v) is 6.19. The molecule has 3 nitrogen and oxygen atoms in total.